The number of likely N-dealkylation sites (N-methyl/N-ethyl adjacent to an activating group) is 1. The number of hydrogen-bond acceptors (Lipinski definition) is 5. The largest absolute Gasteiger partial charge is 0.335 e. The summed E-state index contributed by atoms with van der Waals surface area (Å²) < 4.78 is 0. The number of benzene rings is 1. The molecule has 1 aromatic carbocycles. The minimum atomic E-state index is -0.452. The number of amides is 3. The summed E-state index contributed by atoms with van der Waals surface area (Å²) in [5.74, 6) is 0.124. The van der Waals surface area contributed by atoms with E-state index in [2.05, 4.69) is 10.6 Å². The fourth-order valence-corrected chi connectivity index (χ4v) is 3.94. The van der Waals surface area contributed by atoms with Gasteiger partial charge in [0.2, 0.25) is 5.91 Å². The molecule has 2 N–H and O–H groups in total. The molecule has 9 nitrogen and oxygen atoms in total. The maximum atomic E-state index is 12.4. The second kappa shape index (κ2) is 9.01. The molecule has 1 aliphatic heterocycles. The predicted molar refractivity (Wildman–Crippen MR) is 104 cm³/mol. The molecule has 28 heavy (non-hydrogen) atoms. The molecule has 0 spiro atoms. The summed E-state index contributed by atoms with van der Waals surface area (Å²) in [5.41, 5.74) is 0.810. The van der Waals surface area contributed by atoms with Crippen molar-refractivity contribution in [2.45, 2.75) is 44.3 Å². The highest BCUT2D eigenvalue weighted by atomic mass is 16.6. The molecule has 0 bridgehead atoms. The number of nitro groups is 1. The second-order valence-corrected chi connectivity index (χ2v) is 7.53. The maximum Gasteiger partial charge on any atom is 0.315 e. The number of nitrogens with one attached hydrogen (secondary N) is 2. The van der Waals surface area contributed by atoms with Gasteiger partial charge in [-0.3, -0.25) is 19.8 Å². The van der Waals surface area contributed by atoms with Crippen molar-refractivity contribution in [3.63, 3.8) is 0 Å². The number of nitrogens with zero attached hydrogens (tertiary/aromatic N) is 3. The highest BCUT2D eigenvalue weighted by Crippen LogP contribution is 2.24. The Morgan fingerprint density at radius 3 is 2.61 bits per heavy atom. The molecule has 0 aromatic heterocycles. The first-order valence-electron chi connectivity index (χ1n) is 9.70. The van der Waals surface area contributed by atoms with E-state index in [4.69, 9.17) is 0 Å². The Bertz CT molecular complexity index is 724. The summed E-state index contributed by atoms with van der Waals surface area (Å²) in [4.78, 5) is 39.0. The lowest BCUT2D eigenvalue weighted by Crippen LogP contribution is -2.60. The smallest absolute Gasteiger partial charge is 0.315 e. The molecule has 0 radical (unpaired) electrons. The van der Waals surface area contributed by atoms with Gasteiger partial charge >= 0.3 is 6.03 Å². The highest BCUT2D eigenvalue weighted by molar-refractivity contribution is 5.79. The topological polar surface area (TPSA) is 108 Å². The van der Waals surface area contributed by atoms with E-state index >= 15 is 0 Å². The monoisotopic (exact) mass is 389 g/mol. The number of carbonyl (C=O) groups excluding carboxylic acids is 2. The van der Waals surface area contributed by atoms with E-state index in [1.54, 1.807) is 12.1 Å². The Balaban J connectivity index is 1.54. The third-order valence-electron chi connectivity index (χ3n) is 5.49. The quantitative estimate of drug-likeness (QED) is 0.586. The Kier molecular flexibility index (Phi) is 6.45. The average molecular weight is 389 g/mol. The lowest BCUT2D eigenvalue weighted by molar-refractivity contribution is -0.384. The van der Waals surface area contributed by atoms with E-state index in [1.165, 1.54) is 12.1 Å². The van der Waals surface area contributed by atoms with Gasteiger partial charge in [0.25, 0.3) is 5.69 Å². The van der Waals surface area contributed by atoms with E-state index < -0.39 is 4.92 Å². The van der Waals surface area contributed by atoms with Crippen LogP contribution in [0.2, 0.25) is 0 Å². The van der Waals surface area contributed by atoms with Gasteiger partial charge in [0.1, 0.15) is 0 Å². The molecule has 2 atom stereocenters. The van der Waals surface area contributed by atoms with E-state index in [9.17, 15) is 19.7 Å². The van der Waals surface area contributed by atoms with Crippen molar-refractivity contribution in [1.82, 2.24) is 20.4 Å². The number of non-ortho nitro benzene ring substituents is 1. The number of piperazine rings is 1. The van der Waals surface area contributed by atoms with Crippen molar-refractivity contribution in [3.8, 4) is 0 Å². The van der Waals surface area contributed by atoms with Crippen LogP contribution in [0, 0.1) is 10.1 Å². The summed E-state index contributed by atoms with van der Waals surface area (Å²) in [7, 11) is 1.94. The van der Waals surface area contributed by atoms with Crippen LogP contribution in [0.15, 0.2) is 24.3 Å². The standard InChI is InChI=1S/C19H27N5O4/c1-22-10-11-23(18(25)13-22)17-5-3-2-4-16(17)21-19(26)20-12-14-6-8-15(9-7-14)24(27)28/h6-9,16-17H,2-5,10-13H2,1H3,(H2,20,21,26)/t16-,17-/m0/s1. The van der Waals surface area contributed by atoms with Gasteiger partial charge < -0.3 is 15.5 Å². The molecule has 3 amide bonds. The van der Waals surface area contributed by atoms with Crippen LogP contribution in [0.3, 0.4) is 0 Å². The zero-order valence-corrected chi connectivity index (χ0v) is 16.1. The normalized spacial score (nSPS) is 23.3. The molecule has 1 saturated heterocycles. The van der Waals surface area contributed by atoms with E-state index in [-0.39, 0.29) is 36.3 Å². The van der Waals surface area contributed by atoms with Crippen LogP contribution < -0.4 is 10.6 Å². The molecule has 1 aliphatic carbocycles. The summed E-state index contributed by atoms with van der Waals surface area (Å²) in [6.07, 6.45) is 3.86. The van der Waals surface area contributed by atoms with Crippen LogP contribution in [-0.4, -0.2) is 65.4 Å². The molecule has 2 fully saturated rings. The molecule has 0 unspecified atom stereocenters. The summed E-state index contributed by atoms with van der Waals surface area (Å²) in [6.45, 7) is 2.26. The van der Waals surface area contributed by atoms with Crippen molar-refractivity contribution in [3.05, 3.63) is 39.9 Å². The van der Waals surface area contributed by atoms with Crippen molar-refractivity contribution < 1.29 is 14.5 Å². The number of hydrogen-bond donors (Lipinski definition) is 2. The van der Waals surface area contributed by atoms with Crippen molar-refractivity contribution in [1.29, 1.82) is 0 Å². The molecular weight excluding hydrogens is 362 g/mol. The second-order valence-electron chi connectivity index (χ2n) is 7.53. The minimum Gasteiger partial charge on any atom is -0.335 e. The number of urea groups is 1. The Labute approximate surface area is 164 Å². The van der Waals surface area contributed by atoms with Crippen LogP contribution in [0.4, 0.5) is 10.5 Å². The van der Waals surface area contributed by atoms with Gasteiger partial charge in [-0.05, 0) is 25.5 Å². The minimum absolute atomic E-state index is 0.0232. The summed E-state index contributed by atoms with van der Waals surface area (Å²) in [6, 6.07) is 5.81. The van der Waals surface area contributed by atoms with E-state index in [0.717, 1.165) is 37.8 Å². The molecule has 152 valence electrons. The van der Waals surface area contributed by atoms with Gasteiger partial charge in [0, 0.05) is 31.8 Å². The lowest BCUT2D eigenvalue weighted by Gasteiger charge is -2.43. The van der Waals surface area contributed by atoms with Crippen molar-refractivity contribution in [2.75, 3.05) is 26.7 Å². The van der Waals surface area contributed by atoms with E-state index in [0.29, 0.717) is 13.1 Å². The van der Waals surface area contributed by atoms with Gasteiger partial charge in [-0.2, -0.15) is 0 Å². The van der Waals surface area contributed by atoms with Crippen molar-refractivity contribution in [2.24, 2.45) is 0 Å². The van der Waals surface area contributed by atoms with Crippen LogP contribution in [0.1, 0.15) is 31.2 Å². The van der Waals surface area contributed by atoms with Crippen molar-refractivity contribution >= 4 is 17.6 Å². The van der Waals surface area contributed by atoms with Crippen LogP contribution in [0.25, 0.3) is 0 Å². The maximum absolute atomic E-state index is 12.4. The summed E-state index contributed by atoms with van der Waals surface area (Å²) >= 11 is 0. The molecule has 3 rings (SSSR count). The molecule has 2 aliphatic rings. The molecule has 1 aromatic rings. The highest BCUT2D eigenvalue weighted by Gasteiger charge is 2.35. The molecule has 1 heterocycles. The number of carbonyl (C=O) groups is 2. The van der Waals surface area contributed by atoms with Crippen LogP contribution in [-0.2, 0) is 11.3 Å². The zero-order valence-electron chi connectivity index (χ0n) is 16.1. The summed E-state index contributed by atoms with van der Waals surface area (Å²) in [5, 5.41) is 16.5. The van der Waals surface area contributed by atoms with Gasteiger partial charge in [-0.1, -0.05) is 25.0 Å². The fraction of sp³-hybridized carbons (Fsp3) is 0.579. The lowest BCUT2D eigenvalue weighted by atomic mass is 9.88. The van der Waals surface area contributed by atoms with Gasteiger partial charge in [-0.25, -0.2) is 4.79 Å². The Morgan fingerprint density at radius 1 is 1.21 bits per heavy atom. The molecule has 1 saturated carbocycles. The van der Waals surface area contributed by atoms with Crippen LogP contribution in [0.5, 0.6) is 0 Å². The average Bonchev–Trinajstić information content (AvgIpc) is 2.67. The third kappa shape index (κ3) is 4.98. The van der Waals surface area contributed by atoms with Gasteiger partial charge in [-0.15, -0.1) is 0 Å². The fourth-order valence-electron chi connectivity index (χ4n) is 3.94. The first-order chi connectivity index (χ1) is 13.4. The van der Waals surface area contributed by atoms with Gasteiger partial charge in [0.15, 0.2) is 0 Å². The Morgan fingerprint density at radius 2 is 1.93 bits per heavy atom. The number of rotatable bonds is 5. The third-order valence-corrected chi connectivity index (χ3v) is 5.49. The SMILES string of the molecule is CN1CCN([C@H]2CCCC[C@@H]2NC(=O)NCc2ccc([N+](=O)[O-])cc2)C(=O)C1. The molecule has 9 heteroatoms. The first-order valence-corrected chi connectivity index (χ1v) is 9.70. The Hall–Kier alpha value is -2.68. The van der Waals surface area contributed by atoms with E-state index in [1.807, 2.05) is 16.8 Å². The number of nitro benzene ring substituents is 1. The van der Waals surface area contributed by atoms with Gasteiger partial charge in [0.05, 0.1) is 23.6 Å². The first kappa shape index (κ1) is 20.1. The molecular formula is C19H27N5O4. The predicted octanol–water partition coefficient (Wildman–Crippen LogP) is 1.48. The van der Waals surface area contributed by atoms with Crippen LogP contribution >= 0.6 is 0 Å². The zero-order chi connectivity index (χ0) is 20.1.